The van der Waals surface area contributed by atoms with Gasteiger partial charge in [0.2, 0.25) is 0 Å². The van der Waals surface area contributed by atoms with Crippen molar-refractivity contribution in [1.29, 1.82) is 0 Å². The third-order valence-electron chi connectivity index (χ3n) is 8.16. The van der Waals surface area contributed by atoms with E-state index in [4.69, 9.17) is 28.7 Å². The molecule has 0 saturated carbocycles. The minimum Gasteiger partial charge on any atom is -0.491 e. The van der Waals surface area contributed by atoms with E-state index in [2.05, 4.69) is 45.9 Å². The molecule has 4 rings (SSSR count). The maximum Gasteiger partial charge on any atom is 0.187 e. The van der Waals surface area contributed by atoms with Crippen LogP contribution in [-0.2, 0) is 18.9 Å². The van der Waals surface area contributed by atoms with Crippen molar-refractivity contribution in [2.75, 3.05) is 26.4 Å². The lowest BCUT2D eigenvalue weighted by molar-refractivity contribution is -0.359. The van der Waals surface area contributed by atoms with E-state index in [9.17, 15) is 35.7 Å². The predicted molar refractivity (Wildman–Crippen MR) is 166 cm³/mol. The fourth-order valence-electron chi connectivity index (χ4n) is 5.47. The molecule has 46 heavy (non-hydrogen) atoms. The summed E-state index contributed by atoms with van der Waals surface area (Å²) in [5, 5.41) is 70.9. The van der Waals surface area contributed by atoms with E-state index >= 15 is 0 Å². The maximum atomic E-state index is 10.7. The van der Waals surface area contributed by atoms with Crippen LogP contribution in [0, 0.1) is 0 Å². The first-order valence-corrected chi connectivity index (χ1v) is 15.6. The second-order valence-corrected chi connectivity index (χ2v) is 12.1. The Morgan fingerprint density at radius 1 is 0.717 bits per heavy atom. The zero-order valence-corrected chi connectivity index (χ0v) is 26.5. The molecular formula is C33H47NO12. The van der Waals surface area contributed by atoms with Crippen molar-refractivity contribution in [2.45, 2.75) is 101 Å². The molecule has 10 atom stereocenters. The van der Waals surface area contributed by atoms with Gasteiger partial charge in [0.1, 0.15) is 61.2 Å². The van der Waals surface area contributed by atoms with E-state index in [-0.39, 0.29) is 13.2 Å². The van der Waals surface area contributed by atoms with Gasteiger partial charge in [-0.1, -0.05) is 45.9 Å². The predicted octanol–water partition coefficient (Wildman–Crippen LogP) is 0.704. The van der Waals surface area contributed by atoms with Gasteiger partial charge in [0.25, 0.3) is 0 Å². The quantitative estimate of drug-likeness (QED) is 0.119. The van der Waals surface area contributed by atoms with Crippen molar-refractivity contribution in [3.63, 3.8) is 0 Å². The van der Waals surface area contributed by atoms with Gasteiger partial charge in [-0.3, -0.25) is 4.99 Å². The summed E-state index contributed by atoms with van der Waals surface area (Å²) >= 11 is 0. The van der Waals surface area contributed by atoms with Crippen molar-refractivity contribution in [2.24, 2.45) is 4.99 Å². The highest BCUT2D eigenvalue weighted by Gasteiger charge is 2.50. The number of hydrogen-bond donors (Lipinski definition) is 7. The molecule has 7 N–H and O–H groups in total. The van der Waals surface area contributed by atoms with Gasteiger partial charge < -0.3 is 59.4 Å². The van der Waals surface area contributed by atoms with Crippen LogP contribution in [0.2, 0.25) is 0 Å². The Morgan fingerprint density at radius 3 is 1.89 bits per heavy atom. The molecule has 2 aromatic rings. The fraction of sp³-hybridized carbons (Fsp3) is 0.606. The topological polar surface area (TPSA) is 200 Å². The van der Waals surface area contributed by atoms with Crippen LogP contribution in [0.25, 0.3) is 0 Å². The molecule has 0 spiro atoms. The Kier molecular flexibility index (Phi) is 13.0. The number of para-hydroxylation sites is 1. The SMILES string of the molecule is CC(C)c1cccc(C(C)C)c1N=Cc1ccc(OCCO[C@H]2OC(CO)[C@H](O[C@H]3OC(CO)[C@@H](O)C(O)[C@H]3O)C(O)[C@H]2O)cc1. The molecule has 256 valence electrons. The smallest absolute Gasteiger partial charge is 0.187 e. The molecule has 0 aliphatic carbocycles. The summed E-state index contributed by atoms with van der Waals surface area (Å²) in [6.45, 7) is 7.35. The summed E-state index contributed by atoms with van der Waals surface area (Å²) in [6, 6.07) is 13.7. The van der Waals surface area contributed by atoms with Crippen LogP contribution in [0.5, 0.6) is 5.75 Å². The van der Waals surface area contributed by atoms with Crippen molar-refractivity contribution >= 4 is 11.9 Å². The molecule has 2 aliphatic heterocycles. The van der Waals surface area contributed by atoms with Gasteiger partial charge in [-0.15, -0.1) is 0 Å². The first kappa shape index (κ1) is 36.3. The minimum atomic E-state index is -1.74. The maximum absolute atomic E-state index is 10.7. The average Bonchev–Trinajstić information content (AvgIpc) is 3.05. The summed E-state index contributed by atoms with van der Waals surface area (Å²) in [6.07, 6.45) is -13.3. The summed E-state index contributed by atoms with van der Waals surface area (Å²) in [5.74, 6) is 1.26. The van der Waals surface area contributed by atoms with Crippen LogP contribution in [0.3, 0.4) is 0 Å². The highest BCUT2D eigenvalue weighted by molar-refractivity contribution is 5.83. The highest BCUT2D eigenvalue weighted by atomic mass is 16.7. The second kappa shape index (κ2) is 16.5. The second-order valence-electron chi connectivity index (χ2n) is 12.1. The Labute approximate surface area is 268 Å². The third-order valence-corrected chi connectivity index (χ3v) is 8.16. The fourth-order valence-corrected chi connectivity index (χ4v) is 5.47. The zero-order chi connectivity index (χ0) is 33.5. The molecule has 2 aromatic carbocycles. The molecule has 0 aromatic heterocycles. The monoisotopic (exact) mass is 649 g/mol. The van der Waals surface area contributed by atoms with E-state index in [1.165, 1.54) is 11.1 Å². The molecule has 13 heteroatoms. The van der Waals surface area contributed by atoms with Crippen LogP contribution in [-0.4, -0.2) is 130 Å². The number of hydrogen-bond acceptors (Lipinski definition) is 13. The molecule has 4 unspecified atom stereocenters. The summed E-state index contributed by atoms with van der Waals surface area (Å²) < 4.78 is 27.8. The number of benzene rings is 2. The van der Waals surface area contributed by atoms with Crippen LogP contribution >= 0.6 is 0 Å². The Bertz CT molecular complexity index is 1230. The molecule has 0 radical (unpaired) electrons. The number of ether oxygens (including phenoxy) is 5. The van der Waals surface area contributed by atoms with E-state index < -0.39 is 74.6 Å². The van der Waals surface area contributed by atoms with Gasteiger partial charge in [-0.05, 0) is 52.8 Å². The average molecular weight is 650 g/mol. The molecule has 2 fully saturated rings. The van der Waals surface area contributed by atoms with Gasteiger partial charge in [0, 0.05) is 6.21 Å². The first-order chi connectivity index (χ1) is 22.0. The van der Waals surface area contributed by atoms with Crippen LogP contribution in [0.4, 0.5) is 5.69 Å². The Balaban J connectivity index is 1.29. The Morgan fingerprint density at radius 2 is 1.30 bits per heavy atom. The highest BCUT2D eigenvalue weighted by Crippen LogP contribution is 2.35. The van der Waals surface area contributed by atoms with E-state index in [1.54, 1.807) is 12.1 Å². The number of aliphatic imine (C=N–C) groups is 1. The van der Waals surface area contributed by atoms with Gasteiger partial charge >= 0.3 is 0 Å². The number of aliphatic hydroxyl groups excluding tert-OH is 7. The normalized spacial score (nSPS) is 32.0. The summed E-state index contributed by atoms with van der Waals surface area (Å²) in [4.78, 5) is 4.84. The Hall–Kier alpha value is -2.53. The molecule has 0 amide bonds. The summed E-state index contributed by atoms with van der Waals surface area (Å²) in [5.41, 5.74) is 4.30. The van der Waals surface area contributed by atoms with Gasteiger partial charge in [0.15, 0.2) is 12.6 Å². The van der Waals surface area contributed by atoms with Crippen molar-refractivity contribution in [3.8, 4) is 5.75 Å². The first-order valence-electron chi connectivity index (χ1n) is 15.6. The molecule has 2 heterocycles. The van der Waals surface area contributed by atoms with Crippen molar-refractivity contribution in [1.82, 2.24) is 0 Å². The number of aliphatic hydroxyl groups is 7. The van der Waals surface area contributed by atoms with Crippen LogP contribution in [0.1, 0.15) is 56.2 Å². The number of rotatable bonds is 13. The summed E-state index contributed by atoms with van der Waals surface area (Å²) in [7, 11) is 0. The zero-order valence-electron chi connectivity index (χ0n) is 26.5. The lowest BCUT2D eigenvalue weighted by Crippen LogP contribution is -2.64. The number of nitrogens with zero attached hydrogens (tertiary/aromatic N) is 1. The van der Waals surface area contributed by atoms with E-state index in [1.807, 2.05) is 18.3 Å². The molecule has 2 aliphatic rings. The van der Waals surface area contributed by atoms with Crippen LogP contribution in [0.15, 0.2) is 47.5 Å². The van der Waals surface area contributed by atoms with E-state index in [0.29, 0.717) is 17.6 Å². The van der Waals surface area contributed by atoms with Gasteiger partial charge in [-0.2, -0.15) is 0 Å². The molecule has 13 nitrogen and oxygen atoms in total. The van der Waals surface area contributed by atoms with E-state index in [0.717, 1.165) is 11.3 Å². The standard InChI is InChI=1S/C33H47NO12/c1-17(2)21-6-5-7-22(18(3)4)25(21)34-14-19-8-10-20(11-9-19)42-12-13-43-32-30(41)28(39)31(24(16-36)45-32)46-33-29(40)27(38)26(37)23(15-35)44-33/h5-11,14,17-18,23-24,26-33,35-41H,12-13,15-16H2,1-4H3/t23?,24?,26-,27?,28?,29-,30-,31+,32+,33-/m1/s1. The minimum absolute atomic E-state index is 0.0298. The largest absolute Gasteiger partial charge is 0.491 e. The molecule has 2 saturated heterocycles. The van der Waals surface area contributed by atoms with Gasteiger partial charge in [-0.25, -0.2) is 0 Å². The third kappa shape index (κ3) is 8.48. The molecule has 0 bridgehead atoms. The molecular weight excluding hydrogens is 602 g/mol. The van der Waals surface area contributed by atoms with Gasteiger partial charge in [0.05, 0.1) is 25.5 Å². The lowest BCUT2D eigenvalue weighted by atomic mass is 9.93. The van der Waals surface area contributed by atoms with Crippen molar-refractivity contribution < 1.29 is 59.4 Å². The lowest BCUT2D eigenvalue weighted by Gasteiger charge is -2.45. The van der Waals surface area contributed by atoms with Crippen LogP contribution < -0.4 is 4.74 Å². The van der Waals surface area contributed by atoms with Crippen molar-refractivity contribution in [3.05, 3.63) is 59.2 Å².